The number of esters is 1. The van der Waals surface area contributed by atoms with Gasteiger partial charge in [-0.25, -0.2) is 4.18 Å². The maximum absolute atomic E-state index is 12.9. The zero-order valence-electron chi connectivity index (χ0n) is 43.2. The molecule has 0 amide bonds. The minimum absolute atomic E-state index is 0.0336. The molecule has 0 aromatic rings. The summed E-state index contributed by atoms with van der Waals surface area (Å²) in [5.74, 6) is -0.399. The first-order chi connectivity index (χ1) is 33.1. The van der Waals surface area contributed by atoms with Crippen LogP contribution in [0.2, 0.25) is 0 Å². The number of carbonyl (C=O) groups is 1. The fourth-order valence-electron chi connectivity index (χ4n) is 8.52. The van der Waals surface area contributed by atoms with Crippen LogP contribution in [0.5, 0.6) is 0 Å². The number of aliphatic hydroxyl groups is 3. The highest BCUT2D eigenvalue weighted by molar-refractivity contribution is 7.80. The normalized spacial score (nSPS) is 19.5. The lowest BCUT2D eigenvalue weighted by atomic mass is 9.99. The predicted octanol–water partition coefficient (Wildman–Crippen LogP) is 13.3. The third-order valence-electron chi connectivity index (χ3n) is 12.7. The predicted molar refractivity (Wildman–Crippen MR) is 276 cm³/mol. The van der Waals surface area contributed by atoms with Crippen LogP contribution in [0.4, 0.5) is 0 Å². The van der Waals surface area contributed by atoms with Gasteiger partial charge in [-0.15, -0.1) is 0 Å². The Labute approximate surface area is 415 Å². The standard InChI is InChI=1S/C55H102O12S/c1-3-5-7-9-11-13-15-17-19-21-22-23-24-25-26-27-28-29-30-32-34-36-38-40-42-44-51(57)65-49(48-64-55-53(59)54(67-68(60,61)62)52(58)50(46-56)66-55)47-63-45-43-41-39-37-35-33-31-20-18-16-14-12-10-8-6-4-2/h15,17-18,20-22,49-50,52-56,58-59H,3-14,16,19,23-48H2,1-2H3,(H,60,61,62)/b17-15-,20-18-,22-21-. The molecule has 12 nitrogen and oxygen atoms in total. The van der Waals surface area contributed by atoms with E-state index in [-0.39, 0.29) is 19.6 Å². The van der Waals surface area contributed by atoms with Gasteiger partial charge in [0.2, 0.25) is 0 Å². The number of aliphatic hydroxyl groups excluding tert-OH is 3. The molecular weight excluding hydrogens is 885 g/mol. The molecule has 6 unspecified atom stereocenters. The van der Waals surface area contributed by atoms with E-state index in [2.05, 4.69) is 54.5 Å². The van der Waals surface area contributed by atoms with Crippen molar-refractivity contribution >= 4 is 16.4 Å². The molecule has 0 radical (unpaired) electrons. The van der Waals surface area contributed by atoms with Gasteiger partial charge in [0.05, 0.1) is 19.8 Å². The van der Waals surface area contributed by atoms with Crippen molar-refractivity contribution in [1.82, 2.24) is 0 Å². The summed E-state index contributed by atoms with van der Waals surface area (Å²) in [6, 6.07) is 0. The zero-order chi connectivity index (χ0) is 49.6. The van der Waals surface area contributed by atoms with E-state index < -0.39 is 59.8 Å². The Kier molecular flexibility index (Phi) is 43.9. The summed E-state index contributed by atoms with van der Waals surface area (Å²) < 4.78 is 59.3. The van der Waals surface area contributed by atoms with Crippen LogP contribution in [0.3, 0.4) is 0 Å². The zero-order valence-corrected chi connectivity index (χ0v) is 44.0. The van der Waals surface area contributed by atoms with Gasteiger partial charge in [0.1, 0.15) is 30.5 Å². The largest absolute Gasteiger partial charge is 0.457 e. The molecule has 68 heavy (non-hydrogen) atoms. The van der Waals surface area contributed by atoms with E-state index in [9.17, 15) is 33.1 Å². The monoisotopic (exact) mass is 987 g/mol. The van der Waals surface area contributed by atoms with Crippen LogP contribution in [0.25, 0.3) is 0 Å². The summed E-state index contributed by atoms with van der Waals surface area (Å²) in [4.78, 5) is 12.9. The van der Waals surface area contributed by atoms with Crippen molar-refractivity contribution in [3.8, 4) is 0 Å². The van der Waals surface area contributed by atoms with Crippen molar-refractivity contribution in [2.24, 2.45) is 0 Å². The fraction of sp³-hybridized carbons (Fsp3) is 0.873. The lowest BCUT2D eigenvalue weighted by molar-refractivity contribution is -0.301. The van der Waals surface area contributed by atoms with Crippen LogP contribution >= 0.6 is 0 Å². The van der Waals surface area contributed by atoms with Gasteiger partial charge in [-0.3, -0.25) is 9.35 Å². The van der Waals surface area contributed by atoms with Gasteiger partial charge in [-0.05, 0) is 70.6 Å². The summed E-state index contributed by atoms with van der Waals surface area (Å²) in [5.41, 5.74) is 0. The maximum Gasteiger partial charge on any atom is 0.397 e. The lowest BCUT2D eigenvalue weighted by Gasteiger charge is -2.41. The highest BCUT2D eigenvalue weighted by Gasteiger charge is 2.48. The number of unbranched alkanes of at least 4 members (excludes halogenated alkanes) is 30. The number of allylic oxidation sites excluding steroid dienone is 6. The lowest BCUT2D eigenvalue weighted by Crippen LogP contribution is -2.60. The fourth-order valence-corrected chi connectivity index (χ4v) is 9.03. The molecule has 1 saturated heterocycles. The van der Waals surface area contributed by atoms with Crippen LogP contribution in [0, 0.1) is 0 Å². The van der Waals surface area contributed by atoms with Crippen LogP contribution in [0.1, 0.15) is 245 Å². The second kappa shape index (κ2) is 46.4. The second-order valence-electron chi connectivity index (χ2n) is 19.2. The molecule has 6 atom stereocenters. The van der Waals surface area contributed by atoms with Gasteiger partial charge in [0.15, 0.2) is 6.29 Å². The molecule has 0 bridgehead atoms. The van der Waals surface area contributed by atoms with Gasteiger partial charge in [0.25, 0.3) is 0 Å². The van der Waals surface area contributed by atoms with E-state index >= 15 is 0 Å². The number of hydrogen-bond donors (Lipinski definition) is 4. The van der Waals surface area contributed by atoms with E-state index in [1.165, 1.54) is 167 Å². The van der Waals surface area contributed by atoms with Crippen molar-refractivity contribution < 1.29 is 56.2 Å². The summed E-state index contributed by atoms with van der Waals surface area (Å²) >= 11 is 0. The van der Waals surface area contributed by atoms with Crippen molar-refractivity contribution in [3.63, 3.8) is 0 Å². The molecule has 0 aromatic carbocycles. The SMILES string of the molecule is CCCCCCC/C=C\C/C=C\CCCCCCCCCCCCCCCC(=O)OC(COCCCCCCCC/C=C\CCCCCCCC)COC1OC(CO)C(O)C(OS(=O)(=O)O)C1O. The third kappa shape index (κ3) is 39.0. The molecular formula is C55H102O12S. The molecule has 1 rings (SSSR count). The van der Waals surface area contributed by atoms with Crippen LogP contribution < -0.4 is 0 Å². The molecule has 1 aliphatic heterocycles. The quantitative estimate of drug-likeness (QED) is 0.0197. The number of hydrogen-bond acceptors (Lipinski definition) is 11. The first kappa shape index (κ1) is 64.3. The smallest absolute Gasteiger partial charge is 0.397 e. The van der Waals surface area contributed by atoms with E-state index in [1.807, 2.05) is 0 Å². The highest BCUT2D eigenvalue weighted by Crippen LogP contribution is 2.26. The van der Waals surface area contributed by atoms with Crippen LogP contribution in [-0.4, -0.2) is 97.5 Å². The van der Waals surface area contributed by atoms with Crippen LogP contribution in [-0.2, 0) is 38.3 Å². The second-order valence-corrected chi connectivity index (χ2v) is 20.2. The number of ether oxygens (including phenoxy) is 4. The molecule has 1 fully saturated rings. The average Bonchev–Trinajstić information content (AvgIpc) is 3.31. The molecule has 1 aliphatic rings. The Balaban J connectivity index is 2.30. The Morgan fingerprint density at radius 3 is 1.41 bits per heavy atom. The summed E-state index contributed by atoms with van der Waals surface area (Å²) in [7, 11) is -5.07. The van der Waals surface area contributed by atoms with Crippen molar-refractivity contribution in [3.05, 3.63) is 36.5 Å². The molecule has 400 valence electrons. The average molecular weight is 987 g/mol. The van der Waals surface area contributed by atoms with Crippen LogP contribution in [0.15, 0.2) is 36.5 Å². The van der Waals surface area contributed by atoms with E-state index in [0.717, 1.165) is 51.4 Å². The summed E-state index contributed by atoms with van der Waals surface area (Å²) in [5, 5.41) is 30.8. The van der Waals surface area contributed by atoms with E-state index in [4.69, 9.17) is 18.9 Å². The topological polar surface area (TPSA) is 178 Å². The highest BCUT2D eigenvalue weighted by atomic mass is 32.3. The van der Waals surface area contributed by atoms with Gasteiger partial charge >= 0.3 is 16.4 Å². The number of carbonyl (C=O) groups excluding carboxylic acids is 1. The number of rotatable bonds is 49. The maximum atomic E-state index is 12.9. The molecule has 13 heteroatoms. The van der Waals surface area contributed by atoms with E-state index in [0.29, 0.717) is 13.0 Å². The molecule has 0 saturated carbocycles. The first-order valence-corrected chi connectivity index (χ1v) is 29.1. The van der Waals surface area contributed by atoms with Crippen molar-refractivity contribution in [2.45, 2.75) is 282 Å². The molecule has 0 spiro atoms. The molecule has 0 aliphatic carbocycles. The Morgan fingerprint density at radius 1 is 0.559 bits per heavy atom. The van der Waals surface area contributed by atoms with Gasteiger partial charge < -0.3 is 34.3 Å². The Hall–Kier alpha value is -1.68. The van der Waals surface area contributed by atoms with Gasteiger partial charge in [-0.1, -0.05) is 204 Å². The molecule has 0 aromatic heterocycles. The van der Waals surface area contributed by atoms with Crippen molar-refractivity contribution in [1.29, 1.82) is 0 Å². The summed E-state index contributed by atoms with van der Waals surface area (Å²) in [6.45, 7) is 4.00. The molecule has 1 heterocycles. The minimum atomic E-state index is -5.07. The van der Waals surface area contributed by atoms with Gasteiger partial charge in [0, 0.05) is 13.0 Å². The minimum Gasteiger partial charge on any atom is -0.457 e. The first-order valence-electron chi connectivity index (χ1n) is 27.7. The molecule has 4 N–H and O–H groups in total. The Bertz CT molecular complexity index is 1320. The van der Waals surface area contributed by atoms with Crippen molar-refractivity contribution in [2.75, 3.05) is 26.4 Å². The van der Waals surface area contributed by atoms with Gasteiger partial charge in [-0.2, -0.15) is 8.42 Å². The summed E-state index contributed by atoms with van der Waals surface area (Å²) in [6.07, 6.45) is 47.5. The van der Waals surface area contributed by atoms with E-state index in [1.54, 1.807) is 0 Å². The third-order valence-corrected chi connectivity index (χ3v) is 13.2. The Morgan fingerprint density at radius 2 is 0.971 bits per heavy atom.